The van der Waals surface area contributed by atoms with Crippen LogP contribution in [0.25, 0.3) is 0 Å². The number of hydrogen-bond acceptors (Lipinski definition) is 1. The van der Waals surface area contributed by atoms with E-state index in [2.05, 4.69) is 15.9 Å². The molecule has 0 spiro atoms. The quantitative estimate of drug-likeness (QED) is 0.594. The second-order valence-corrected chi connectivity index (χ2v) is 3.94. The standard InChI is InChI=1S/C9H7BrCl2O/c1-5-7(11)3-2-6(9(5)12)8(13)4-10/h2-3H,4H2,1H3. The van der Waals surface area contributed by atoms with Crippen molar-refractivity contribution in [3.63, 3.8) is 0 Å². The maximum Gasteiger partial charge on any atom is 0.174 e. The van der Waals surface area contributed by atoms with Crippen LogP contribution < -0.4 is 0 Å². The summed E-state index contributed by atoms with van der Waals surface area (Å²) in [4.78, 5) is 11.3. The fourth-order valence-corrected chi connectivity index (χ4v) is 1.73. The van der Waals surface area contributed by atoms with Crippen molar-refractivity contribution in [2.75, 3.05) is 5.33 Å². The first kappa shape index (κ1) is 11.0. The normalized spacial score (nSPS) is 10.2. The van der Waals surface area contributed by atoms with Gasteiger partial charge in [-0.25, -0.2) is 0 Å². The molecule has 0 aliphatic carbocycles. The van der Waals surface area contributed by atoms with Crippen molar-refractivity contribution in [2.24, 2.45) is 0 Å². The minimum atomic E-state index is -0.0373. The van der Waals surface area contributed by atoms with Gasteiger partial charge in [-0.15, -0.1) is 0 Å². The van der Waals surface area contributed by atoms with Crippen molar-refractivity contribution in [1.29, 1.82) is 0 Å². The summed E-state index contributed by atoms with van der Waals surface area (Å²) in [6, 6.07) is 3.32. The van der Waals surface area contributed by atoms with Gasteiger partial charge in [-0.05, 0) is 24.6 Å². The van der Waals surface area contributed by atoms with Gasteiger partial charge in [0.25, 0.3) is 0 Å². The maximum absolute atomic E-state index is 11.3. The van der Waals surface area contributed by atoms with Crippen LogP contribution in [0.2, 0.25) is 10.0 Å². The molecule has 0 amide bonds. The van der Waals surface area contributed by atoms with E-state index in [1.54, 1.807) is 19.1 Å². The van der Waals surface area contributed by atoms with Crippen LogP contribution in [-0.2, 0) is 0 Å². The molecule has 0 saturated heterocycles. The second kappa shape index (κ2) is 4.45. The average molecular weight is 282 g/mol. The van der Waals surface area contributed by atoms with E-state index in [-0.39, 0.29) is 11.1 Å². The molecule has 0 radical (unpaired) electrons. The number of carbonyl (C=O) groups is 1. The first-order chi connectivity index (χ1) is 6.07. The summed E-state index contributed by atoms with van der Waals surface area (Å²) in [7, 11) is 0. The minimum absolute atomic E-state index is 0.0373. The molecule has 0 fully saturated rings. The van der Waals surface area contributed by atoms with Crippen LogP contribution in [0.1, 0.15) is 15.9 Å². The van der Waals surface area contributed by atoms with Crippen LogP contribution in [0.15, 0.2) is 12.1 Å². The van der Waals surface area contributed by atoms with Crippen LogP contribution in [0, 0.1) is 6.92 Å². The Bertz CT molecular complexity index is 350. The van der Waals surface area contributed by atoms with Gasteiger partial charge in [0.2, 0.25) is 0 Å². The predicted molar refractivity (Wildman–Crippen MR) is 59.3 cm³/mol. The van der Waals surface area contributed by atoms with E-state index in [4.69, 9.17) is 23.2 Å². The fraction of sp³-hybridized carbons (Fsp3) is 0.222. The molecule has 0 N–H and O–H groups in total. The largest absolute Gasteiger partial charge is 0.293 e. The summed E-state index contributed by atoms with van der Waals surface area (Å²) in [5.74, 6) is -0.0373. The average Bonchev–Trinajstić information content (AvgIpc) is 2.13. The molecule has 0 bridgehead atoms. The fourth-order valence-electron chi connectivity index (χ4n) is 0.949. The molecule has 0 aliphatic rings. The van der Waals surface area contributed by atoms with Crippen molar-refractivity contribution in [1.82, 2.24) is 0 Å². The Morgan fingerprint density at radius 2 is 2.08 bits per heavy atom. The lowest BCUT2D eigenvalue weighted by Crippen LogP contribution is -2.01. The number of carbonyl (C=O) groups excluding carboxylic acids is 1. The van der Waals surface area contributed by atoms with Crippen molar-refractivity contribution in [2.45, 2.75) is 6.92 Å². The summed E-state index contributed by atoms with van der Waals surface area (Å²) >= 11 is 14.9. The SMILES string of the molecule is Cc1c(Cl)ccc(C(=O)CBr)c1Cl. The molecule has 4 heteroatoms. The molecule has 0 aliphatic heterocycles. The number of ketones is 1. The lowest BCUT2D eigenvalue weighted by atomic mass is 10.1. The molecule has 1 rings (SSSR count). The number of alkyl halides is 1. The van der Waals surface area contributed by atoms with Gasteiger partial charge in [0.15, 0.2) is 5.78 Å². The third-order valence-electron chi connectivity index (χ3n) is 1.74. The highest BCUT2D eigenvalue weighted by Gasteiger charge is 2.12. The van der Waals surface area contributed by atoms with Crippen LogP contribution >= 0.6 is 39.1 Å². The summed E-state index contributed by atoms with van der Waals surface area (Å²) in [6.45, 7) is 1.79. The Hall–Kier alpha value is -0.0500. The van der Waals surface area contributed by atoms with Crippen molar-refractivity contribution < 1.29 is 4.79 Å². The topological polar surface area (TPSA) is 17.1 Å². The Morgan fingerprint density at radius 3 is 2.62 bits per heavy atom. The molecule has 0 aromatic heterocycles. The third kappa shape index (κ3) is 2.25. The van der Waals surface area contributed by atoms with Gasteiger partial charge < -0.3 is 0 Å². The maximum atomic E-state index is 11.3. The van der Waals surface area contributed by atoms with Gasteiger partial charge in [0.05, 0.1) is 10.4 Å². The molecule has 1 aromatic rings. The molecular formula is C9H7BrCl2O. The van der Waals surface area contributed by atoms with E-state index in [0.29, 0.717) is 15.6 Å². The summed E-state index contributed by atoms with van der Waals surface area (Å²) < 4.78 is 0. The summed E-state index contributed by atoms with van der Waals surface area (Å²) in [5, 5.41) is 1.29. The lowest BCUT2D eigenvalue weighted by Gasteiger charge is -2.05. The highest BCUT2D eigenvalue weighted by atomic mass is 79.9. The van der Waals surface area contributed by atoms with E-state index in [0.717, 1.165) is 5.56 Å². The molecule has 0 unspecified atom stereocenters. The lowest BCUT2D eigenvalue weighted by molar-refractivity contribution is 0.102. The second-order valence-electron chi connectivity index (χ2n) is 2.59. The van der Waals surface area contributed by atoms with Crippen LogP contribution in [0.3, 0.4) is 0 Å². The van der Waals surface area contributed by atoms with Crippen LogP contribution in [0.5, 0.6) is 0 Å². The molecule has 70 valence electrons. The van der Waals surface area contributed by atoms with Gasteiger partial charge in [-0.1, -0.05) is 39.1 Å². The summed E-state index contributed by atoms with van der Waals surface area (Å²) in [6.07, 6.45) is 0. The monoisotopic (exact) mass is 280 g/mol. The minimum Gasteiger partial charge on any atom is -0.293 e. The number of hydrogen-bond donors (Lipinski definition) is 0. The first-order valence-corrected chi connectivity index (χ1v) is 5.49. The number of Topliss-reactive ketones (excluding diaryl/α,β-unsaturated/α-hetero) is 1. The number of halogens is 3. The third-order valence-corrected chi connectivity index (χ3v) is 3.15. The Balaban J connectivity index is 3.26. The molecule has 0 saturated carbocycles. The Morgan fingerprint density at radius 1 is 1.46 bits per heavy atom. The smallest absolute Gasteiger partial charge is 0.174 e. The number of rotatable bonds is 2. The molecule has 1 nitrogen and oxygen atoms in total. The van der Waals surface area contributed by atoms with Crippen molar-refractivity contribution in [3.8, 4) is 0 Å². The predicted octanol–water partition coefficient (Wildman–Crippen LogP) is 3.88. The summed E-state index contributed by atoms with van der Waals surface area (Å²) in [5.41, 5.74) is 1.26. The zero-order valence-electron chi connectivity index (χ0n) is 6.90. The zero-order chi connectivity index (χ0) is 10.0. The van der Waals surface area contributed by atoms with E-state index < -0.39 is 0 Å². The van der Waals surface area contributed by atoms with Gasteiger partial charge in [-0.3, -0.25) is 4.79 Å². The van der Waals surface area contributed by atoms with E-state index >= 15 is 0 Å². The molecule has 0 heterocycles. The highest BCUT2D eigenvalue weighted by Crippen LogP contribution is 2.27. The van der Waals surface area contributed by atoms with E-state index in [9.17, 15) is 4.79 Å². The van der Waals surface area contributed by atoms with E-state index in [1.165, 1.54) is 0 Å². The van der Waals surface area contributed by atoms with Gasteiger partial charge >= 0.3 is 0 Å². The molecule has 13 heavy (non-hydrogen) atoms. The zero-order valence-corrected chi connectivity index (χ0v) is 10.0. The number of benzene rings is 1. The molecule has 0 atom stereocenters. The van der Waals surface area contributed by atoms with Crippen molar-refractivity contribution in [3.05, 3.63) is 33.3 Å². The van der Waals surface area contributed by atoms with E-state index in [1.807, 2.05) is 0 Å². The van der Waals surface area contributed by atoms with Gasteiger partial charge in [0, 0.05) is 10.6 Å². The molecular weight excluding hydrogens is 275 g/mol. The highest BCUT2D eigenvalue weighted by molar-refractivity contribution is 9.09. The Labute approximate surface area is 95.2 Å². The van der Waals surface area contributed by atoms with Gasteiger partial charge in [0.1, 0.15) is 0 Å². The van der Waals surface area contributed by atoms with Gasteiger partial charge in [-0.2, -0.15) is 0 Å². The Kier molecular flexibility index (Phi) is 3.77. The van der Waals surface area contributed by atoms with Crippen LogP contribution in [-0.4, -0.2) is 11.1 Å². The van der Waals surface area contributed by atoms with Crippen molar-refractivity contribution >= 4 is 44.9 Å². The van der Waals surface area contributed by atoms with Crippen LogP contribution in [0.4, 0.5) is 0 Å². The molecule has 1 aromatic carbocycles. The first-order valence-electron chi connectivity index (χ1n) is 3.61.